The number of methoxy groups -OCH3 is 1. The van der Waals surface area contributed by atoms with Gasteiger partial charge in [-0.2, -0.15) is 0 Å². The molecule has 126 valence electrons. The Morgan fingerprint density at radius 2 is 2.17 bits per heavy atom. The minimum absolute atomic E-state index is 0.244. The lowest BCUT2D eigenvalue weighted by molar-refractivity contribution is -0.129. The smallest absolute Gasteiger partial charge is 0.223 e. The van der Waals surface area contributed by atoms with E-state index in [2.05, 4.69) is 0 Å². The number of carbonyl (C=O) groups excluding carboxylic acids is 1. The fourth-order valence-corrected chi connectivity index (χ4v) is 3.83. The van der Waals surface area contributed by atoms with Crippen LogP contribution in [-0.2, 0) is 9.53 Å². The highest BCUT2D eigenvalue weighted by molar-refractivity contribution is 7.99. The van der Waals surface area contributed by atoms with Crippen molar-refractivity contribution < 1.29 is 19.0 Å². The Hall–Kier alpha value is -1.40. The second-order valence-corrected chi connectivity index (χ2v) is 7.02. The third kappa shape index (κ3) is 4.32. The molecule has 0 bridgehead atoms. The highest BCUT2D eigenvalue weighted by Crippen LogP contribution is 2.34. The van der Waals surface area contributed by atoms with Gasteiger partial charge in [0.15, 0.2) is 11.5 Å². The van der Waals surface area contributed by atoms with Crippen LogP contribution >= 0.6 is 11.8 Å². The lowest BCUT2D eigenvalue weighted by Crippen LogP contribution is -2.29. The Bertz CT molecular complexity index is 551. The van der Waals surface area contributed by atoms with Crippen LogP contribution in [0.1, 0.15) is 12.8 Å². The van der Waals surface area contributed by atoms with E-state index >= 15 is 0 Å². The zero-order chi connectivity index (χ0) is 16.1. The average Bonchev–Trinajstić information content (AvgIpc) is 3.04. The Kier molecular flexibility index (Phi) is 5.67. The molecular formula is C17H23NO4S. The van der Waals surface area contributed by atoms with Crippen LogP contribution in [-0.4, -0.2) is 56.6 Å². The van der Waals surface area contributed by atoms with E-state index in [4.69, 9.17) is 14.2 Å². The summed E-state index contributed by atoms with van der Waals surface area (Å²) in [5.74, 6) is 3.12. The van der Waals surface area contributed by atoms with E-state index in [9.17, 15) is 4.79 Å². The van der Waals surface area contributed by atoms with Gasteiger partial charge in [-0.1, -0.05) is 0 Å². The quantitative estimate of drug-likeness (QED) is 0.746. The molecule has 2 heterocycles. The van der Waals surface area contributed by atoms with E-state index < -0.39 is 0 Å². The maximum atomic E-state index is 12.2. The summed E-state index contributed by atoms with van der Waals surface area (Å²) in [7, 11) is 1.72. The van der Waals surface area contributed by atoms with Crippen molar-refractivity contribution in [2.45, 2.75) is 17.7 Å². The van der Waals surface area contributed by atoms with Crippen molar-refractivity contribution in [2.24, 2.45) is 5.92 Å². The summed E-state index contributed by atoms with van der Waals surface area (Å²) < 4.78 is 16.3. The SMILES string of the molecule is COC[C@H]1CCN(C(=O)CCSc2ccc3c(c2)OCCO3)C1. The molecule has 5 nitrogen and oxygen atoms in total. The molecule has 0 saturated carbocycles. The van der Waals surface area contributed by atoms with Crippen molar-refractivity contribution in [1.82, 2.24) is 4.90 Å². The van der Waals surface area contributed by atoms with Crippen molar-refractivity contribution in [1.29, 1.82) is 0 Å². The molecule has 0 aromatic heterocycles. The summed E-state index contributed by atoms with van der Waals surface area (Å²) in [6.45, 7) is 3.64. The van der Waals surface area contributed by atoms with E-state index in [-0.39, 0.29) is 5.91 Å². The highest BCUT2D eigenvalue weighted by atomic mass is 32.2. The molecule has 1 atom stereocenters. The number of fused-ring (bicyclic) bond motifs is 1. The van der Waals surface area contributed by atoms with Crippen LogP contribution in [0.3, 0.4) is 0 Å². The number of carbonyl (C=O) groups is 1. The molecule has 3 rings (SSSR count). The number of ether oxygens (including phenoxy) is 3. The maximum Gasteiger partial charge on any atom is 0.223 e. The fourth-order valence-electron chi connectivity index (χ4n) is 2.96. The number of amides is 1. The van der Waals surface area contributed by atoms with Crippen LogP contribution in [0.5, 0.6) is 11.5 Å². The molecule has 6 heteroatoms. The van der Waals surface area contributed by atoms with Crippen LogP contribution in [0, 0.1) is 5.92 Å². The molecule has 2 aliphatic heterocycles. The first-order valence-electron chi connectivity index (χ1n) is 8.05. The van der Waals surface area contributed by atoms with Crippen LogP contribution in [0.25, 0.3) is 0 Å². The molecule has 1 saturated heterocycles. The van der Waals surface area contributed by atoms with E-state index in [0.717, 1.165) is 48.3 Å². The lowest BCUT2D eigenvalue weighted by Gasteiger charge is -2.19. The largest absolute Gasteiger partial charge is 0.486 e. The van der Waals surface area contributed by atoms with Gasteiger partial charge in [0, 0.05) is 43.2 Å². The van der Waals surface area contributed by atoms with Crippen LogP contribution < -0.4 is 9.47 Å². The van der Waals surface area contributed by atoms with Gasteiger partial charge < -0.3 is 19.1 Å². The minimum atomic E-state index is 0.244. The molecule has 1 amide bonds. The van der Waals surface area contributed by atoms with E-state index in [1.807, 2.05) is 23.1 Å². The van der Waals surface area contributed by atoms with Gasteiger partial charge in [0.2, 0.25) is 5.91 Å². The predicted octanol–water partition coefficient (Wildman–Crippen LogP) is 2.43. The third-order valence-corrected chi connectivity index (χ3v) is 5.13. The maximum absolute atomic E-state index is 12.2. The minimum Gasteiger partial charge on any atom is -0.486 e. The number of hydrogen-bond donors (Lipinski definition) is 0. The van der Waals surface area contributed by atoms with Crippen molar-refractivity contribution in [3.05, 3.63) is 18.2 Å². The summed E-state index contributed by atoms with van der Waals surface area (Å²) >= 11 is 1.68. The number of rotatable bonds is 6. The number of nitrogens with zero attached hydrogens (tertiary/aromatic N) is 1. The Morgan fingerprint density at radius 1 is 1.35 bits per heavy atom. The van der Waals surface area contributed by atoms with Crippen molar-refractivity contribution in [2.75, 3.05) is 45.8 Å². The summed E-state index contributed by atoms with van der Waals surface area (Å²) in [4.78, 5) is 15.3. The molecule has 0 aliphatic carbocycles. The van der Waals surface area contributed by atoms with Gasteiger partial charge in [0.25, 0.3) is 0 Å². The fraction of sp³-hybridized carbons (Fsp3) is 0.588. The summed E-state index contributed by atoms with van der Waals surface area (Å²) in [6.07, 6.45) is 1.62. The molecule has 0 radical (unpaired) electrons. The van der Waals surface area contributed by atoms with Gasteiger partial charge in [-0.15, -0.1) is 11.8 Å². The topological polar surface area (TPSA) is 48.0 Å². The standard InChI is InChI=1S/C17H23NO4S/c1-20-12-13-4-6-18(11-13)17(19)5-9-23-14-2-3-15-16(10-14)22-8-7-21-15/h2-3,10,13H,4-9,11-12H2,1H3/t13-/m0/s1. The van der Waals surface area contributed by atoms with Gasteiger partial charge in [-0.25, -0.2) is 0 Å². The second kappa shape index (κ2) is 7.93. The Morgan fingerprint density at radius 3 is 3.00 bits per heavy atom. The number of likely N-dealkylation sites (tertiary alicyclic amines) is 1. The number of hydrogen-bond acceptors (Lipinski definition) is 5. The van der Waals surface area contributed by atoms with Crippen molar-refractivity contribution >= 4 is 17.7 Å². The second-order valence-electron chi connectivity index (χ2n) is 5.85. The Labute approximate surface area is 141 Å². The monoisotopic (exact) mass is 337 g/mol. The zero-order valence-corrected chi connectivity index (χ0v) is 14.3. The first-order valence-corrected chi connectivity index (χ1v) is 9.04. The zero-order valence-electron chi connectivity index (χ0n) is 13.5. The molecular weight excluding hydrogens is 314 g/mol. The van der Waals surface area contributed by atoms with Crippen LogP contribution in [0.15, 0.2) is 23.1 Å². The van der Waals surface area contributed by atoms with E-state index in [0.29, 0.717) is 25.6 Å². The number of benzene rings is 1. The van der Waals surface area contributed by atoms with Crippen molar-refractivity contribution in [3.63, 3.8) is 0 Å². The van der Waals surface area contributed by atoms with Crippen LogP contribution in [0.4, 0.5) is 0 Å². The molecule has 0 unspecified atom stereocenters. The first kappa shape index (κ1) is 16.5. The van der Waals surface area contributed by atoms with E-state index in [1.54, 1.807) is 18.9 Å². The number of thioether (sulfide) groups is 1. The summed E-state index contributed by atoms with van der Waals surface area (Å²) in [5, 5.41) is 0. The van der Waals surface area contributed by atoms with E-state index in [1.165, 1.54) is 0 Å². The molecule has 23 heavy (non-hydrogen) atoms. The van der Waals surface area contributed by atoms with Crippen molar-refractivity contribution in [3.8, 4) is 11.5 Å². The van der Waals surface area contributed by atoms with Crippen LogP contribution in [0.2, 0.25) is 0 Å². The average molecular weight is 337 g/mol. The van der Waals surface area contributed by atoms with Gasteiger partial charge >= 0.3 is 0 Å². The molecule has 0 N–H and O–H groups in total. The molecule has 0 spiro atoms. The molecule has 1 fully saturated rings. The summed E-state index contributed by atoms with van der Waals surface area (Å²) in [5.41, 5.74) is 0. The van der Waals surface area contributed by atoms with Gasteiger partial charge in [0.1, 0.15) is 13.2 Å². The summed E-state index contributed by atoms with van der Waals surface area (Å²) in [6, 6.07) is 5.95. The molecule has 1 aromatic rings. The lowest BCUT2D eigenvalue weighted by atomic mass is 10.1. The third-order valence-electron chi connectivity index (χ3n) is 4.14. The first-order chi connectivity index (χ1) is 11.3. The highest BCUT2D eigenvalue weighted by Gasteiger charge is 2.25. The van der Waals surface area contributed by atoms with Gasteiger partial charge in [-0.05, 0) is 24.6 Å². The normalized spacial score (nSPS) is 19.9. The van der Waals surface area contributed by atoms with Gasteiger partial charge in [0.05, 0.1) is 6.61 Å². The Balaban J connectivity index is 1.43. The molecule has 2 aliphatic rings. The predicted molar refractivity (Wildman–Crippen MR) is 89.3 cm³/mol. The van der Waals surface area contributed by atoms with Gasteiger partial charge in [-0.3, -0.25) is 4.79 Å². The molecule has 1 aromatic carbocycles.